The van der Waals surface area contributed by atoms with Crippen molar-refractivity contribution in [2.75, 3.05) is 19.2 Å². The van der Waals surface area contributed by atoms with E-state index in [1.807, 2.05) is 37.1 Å². The van der Waals surface area contributed by atoms with Gasteiger partial charge in [-0.25, -0.2) is 0 Å². The van der Waals surface area contributed by atoms with Crippen molar-refractivity contribution in [3.63, 3.8) is 0 Å². The van der Waals surface area contributed by atoms with Crippen molar-refractivity contribution in [3.05, 3.63) is 53.1 Å². The van der Waals surface area contributed by atoms with Gasteiger partial charge in [-0.15, -0.1) is 0 Å². The summed E-state index contributed by atoms with van der Waals surface area (Å²) in [7, 11) is 1.91. The minimum atomic E-state index is -0.286. The van der Waals surface area contributed by atoms with E-state index >= 15 is 0 Å². The number of nitrogens with zero attached hydrogens (tertiary/aromatic N) is 1. The van der Waals surface area contributed by atoms with Crippen molar-refractivity contribution in [3.8, 4) is 11.5 Å². The molecule has 5 nitrogen and oxygen atoms in total. The van der Waals surface area contributed by atoms with Gasteiger partial charge in [-0.05, 0) is 55.9 Å². The Hall–Kier alpha value is -2.24. The smallest absolute Gasteiger partial charge is 0.241 e. The zero-order valence-corrected chi connectivity index (χ0v) is 14.3. The Bertz CT molecular complexity index is 734. The highest BCUT2D eigenvalue weighted by atomic mass is 35.5. The van der Waals surface area contributed by atoms with Gasteiger partial charge in [-0.2, -0.15) is 0 Å². The van der Waals surface area contributed by atoms with E-state index in [0.29, 0.717) is 11.6 Å². The minimum absolute atomic E-state index is 0.0689. The van der Waals surface area contributed by atoms with E-state index in [-0.39, 0.29) is 18.7 Å². The fraction of sp³-hybridized carbons (Fsp3) is 0.278. The minimum Gasteiger partial charge on any atom is -0.454 e. The standard InChI is InChI=1S/C18H19ClN2O3/c1-12(18(22)20-15-6-4-14(19)5-7-15)21(2)10-13-3-8-16-17(9-13)24-11-23-16/h3-9,12H,10-11H2,1-2H3,(H,20,22)/t12-/m1/s1. The van der Waals surface area contributed by atoms with Crippen LogP contribution in [0.25, 0.3) is 0 Å². The summed E-state index contributed by atoms with van der Waals surface area (Å²) in [6.45, 7) is 2.76. The largest absolute Gasteiger partial charge is 0.454 e. The van der Waals surface area contributed by atoms with Crippen LogP contribution in [0.3, 0.4) is 0 Å². The predicted octanol–water partition coefficient (Wildman–Crippen LogP) is 3.53. The molecule has 1 aliphatic rings. The van der Waals surface area contributed by atoms with Crippen molar-refractivity contribution in [1.29, 1.82) is 0 Å². The van der Waals surface area contributed by atoms with Crippen LogP contribution in [0.1, 0.15) is 12.5 Å². The number of hydrogen-bond acceptors (Lipinski definition) is 4. The summed E-state index contributed by atoms with van der Waals surface area (Å²) in [5.74, 6) is 1.44. The molecule has 2 aromatic carbocycles. The first-order chi connectivity index (χ1) is 11.5. The van der Waals surface area contributed by atoms with Crippen molar-refractivity contribution in [2.24, 2.45) is 0 Å². The third-order valence-corrected chi connectivity index (χ3v) is 4.27. The molecule has 24 heavy (non-hydrogen) atoms. The summed E-state index contributed by atoms with van der Waals surface area (Å²) in [6.07, 6.45) is 0. The summed E-state index contributed by atoms with van der Waals surface area (Å²) in [6, 6.07) is 12.6. The number of halogens is 1. The Morgan fingerprint density at radius 3 is 2.67 bits per heavy atom. The Kier molecular flexibility index (Phi) is 4.92. The number of nitrogens with one attached hydrogen (secondary N) is 1. The molecule has 0 unspecified atom stereocenters. The van der Waals surface area contributed by atoms with E-state index in [0.717, 1.165) is 22.7 Å². The quantitative estimate of drug-likeness (QED) is 0.899. The molecule has 0 fully saturated rings. The second-order valence-corrected chi connectivity index (χ2v) is 6.21. The highest BCUT2D eigenvalue weighted by Gasteiger charge is 2.20. The van der Waals surface area contributed by atoms with Gasteiger partial charge in [-0.3, -0.25) is 9.69 Å². The number of rotatable bonds is 5. The monoisotopic (exact) mass is 346 g/mol. The van der Waals surface area contributed by atoms with E-state index in [4.69, 9.17) is 21.1 Å². The highest BCUT2D eigenvalue weighted by Crippen LogP contribution is 2.32. The Balaban J connectivity index is 1.60. The number of benzene rings is 2. The average Bonchev–Trinajstić information content (AvgIpc) is 3.03. The van der Waals surface area contributed by atoms with Gasteiger partial charge in [0.1, 0.15) is 0 Å². The average molecular weight is 347 g/mol. The number of carbonyl (C=O) groups excluding carboxylic acids is 1. The maximum atomic E-state index is 12.4. The van der Waals surface area contributed by atoms with Crippen LogP contribution in [0.5, 0.6) is 11.5 Å². The number of hydrogen-bond donors (Lipinski definition) is 1. The fourth-order valence-electron chi connectivity index (χ4n) is 2.44. The Morgan fingerprint density at radius 1 is 1.21 bits per heavy atom. The van der Waals surface area contributed by atoms with Crippen molar-refractivity contribution in [1.82, 2.24) is 4.90 Å². The summed E-state index contributed by atoms with van der Waals surface area (Å²) in [4.78, 5) is 14.4. The normalized spacial score (nSPS) is 13.8. The van der Waals surface area contributed by atoms with Crippen molar-refractivity contribution < 1.29 is 14.3 Å². The van der Waals surface area contributed by atoms with Crippen molar-refractivity contribution >= 4 is 23.2 Å². The van der Waals surface area contributed by atoms with Gasteiger partial charge in [0.05, 0.1) is 6.04 Å². The Labute approximate surface area is 146 Å². The molecule has 6 heteroatoms. The van der Waals surface area contributed by atoms with Crippen LogP contribution in [-0.2, 0) is 11.3 Å². The molecule has 0 radical (unpaired) electrons. The second-order valence-electron chi connectivity index (χ2n) is 5.77. The van der Waals surface area contributed by atoms with Crippen LogP contribution >= 0.6 is 11.6 Å². The van der Waals surface area contributed by atoms with Crippen LogP contribution in [-0.4, -0.2) is 30.7 Å². The maximum absolute atomic E-state index is 12.4. The molecule has 0 aliphatic carbocycles. The predicted molar refractivity (Wildman–Crippen MR) is 93.6 cm³/mol. The lowest BCUT2D eigenvalue weighted by Gasteiger charge is -2.24. The first-order valence-electron chi connectivity index (χ1n) is 7.68. The molecule has 1 N–H and O–H groups in total. The first-order valence-corrected chi connectivity index (χ1v) is 8.06. The van der Waals surface area contributed by atoms with Crippen LogP contribution in [0.15, 0.2) is 42.5 Å². The van der Waals surface area contributed by atoms with Gasteiger partial charge in [-0.1, -0.05) is 17.7 Å². The second kappa shape index (κ2) is 7.11. The lowest BCUT2D eigenvalue weighted by molar-refractivity contribution is -0.120. The molecule has 0 bridgehead atoms. The van der Waals surface area contributed by atoms with E-state index < -0.39 is 0 Å². The summed E-state index contributed by atoms with van der Waals surface area (Å²) in [5.41, 5.74) is 1.79. The molecule has 3 rings (SSSR count). The third-order valence-electron chi connectivity index (χ3n) is 4.02. The molecule has 0 aromatic heterocycles. The maximum Gasteiger partial charge on any atom is 0.241 e. The number of likely N-dealkylation sites (N-methyl/N-ethyl adjacent to an activating group) is 1. The molecule has 1 amide bonds. The fourth-order valence-corrected chi connectivity index (χ4v) is 2.57. The molecule has 0 saturated carbocycles. The molecule has 1 atom stereocenters. The molecule has 126 valence electrons. The first kappa shape index (κ1) is 16.6. The van der Waals surface area contributed by atoms with E-state index in [9.17, 15) is 4.79 Å². The molecule has 2 aromatic rings. The zero-order valence-electron chi connectivity index (χ0n) is 13.6. The zero-order chi connectivity index (χ0) is 17.1. The molecular formula is C18H19ClN2O3. The van der Waals surface area contributed by atoms with Crippen LogP contribution in [0.4, 0.5) is 5.69 Å². The number of carbonyl (C=O) groups is 1. The van der Waals surface area contributed by atoms with Gasteiger partial charge < -0.3 is 14.8 Å². The van der Waals surface area contributed by atoms with Gasteiger partial charge in [0, 0.05) is 17.3 Å². The van der Waals surface area contributed by atoms with Crippen molar-refractivity contribution in [2.45, 2.75) is 19.5 Å². The molecule has 0 saturated heterocycles. The highest BCUT2D eigenvalue weighted by molar-refractivity contribution is 6.30. The van der Waals surface area contributed by atoms with Crippen LogP contribution < -0.4 is 14.8 Å². The topological polar surface area (TPSA) is 50.8 Å². The van der Waals surface area contributed by atoms with E-state index in [1.165, 1.54) is 0 Å². The van der Waals surface area contributed by atoms with Gasteiger partial charge in [0.25, 0.3) is 0 Å². The van der Waals surface area contributed by atoms with Crippen LogP contribution in [0, 0.1) is 0 Å². The van der Waals surface area contributed by atoms with Gasteiger partial charge in [0.15, 0.2) is 11.5 Å². The van der Waals surface area contributed by atoms with Gasteiger partial charge in [0.2, 0.25) is 12.7 Å². The lowest BCUT2D eigenvalue weighted by Crippen LogP contribution is -2.39. The Morgan fingerprint density at radius 2 is 1.92 bits per heavy atom. The number of fused-ring (bicyclic) bond motifs is 1. The molecule has 1 aliphatic heterocycles. The summed E-state index contributed by atoms with van der Waals surface area (Å²) in [5, 5.41) is 3.53. The third kappa shape index (κ3) is 3.80. The van der Waals surface area contributed by atoms with E-state index in [1.54, 1.807) is 24.3 Å². The SMILES string of the molecule is C[C@H](C(=O)Nc1ccc(Cl)cc1)N(C)Cc1ccc2c(c1)OCO2. The van der Waals surface area contributed by atoms with Gasteiger partial charge >= 0.3 is 0 Å². The number of amides is 1. The molecule has 1 heterocycles. The number of anilines is 1. The molecular weight excluding hydrogens is 328 g/mol. The molecule has 0 spiro atoms. The number of ether oxygens (including phenoxy) is 2. The lowest BCUT2D eigenvalue weighted by atomic mass is 10.1. The summed E-state index contributed by atoms with van der Waals surface area (Å²) >= 11 is 5.85. The van der Waals surface area contributed by atoms with Crippen LogP contribution in [0.2, 0.25) is 5.02 Å². The van der Waals surface area contributed by atoms with E-state index in [2.05, 4.69) is 5.32 Å². The summed E-state index contributed by atoms with van der Waals surface area (Å²) < 4.78 is 10.7.